The van der Waals surface area contributed by atoms with Crippen LogP contribution in [-0.2, 0) is 26.2 Å². The number of rotatable bonds is 9. The zero-order valence-electron chi connectivity index (χ0n) is 19.2. The molecule has 1 N–H and O–H groups in total. The van der Waals surface area contributed by atoms with Gasteiger partial charge in [-0.1, -0.05) is 58.6 Å². The highest BCUT2D eigenvalue weighted by molar-refractivity contribution is 9.10. The summed E-state index contributed by atoms with van der Waals surface area (Å²) in [6, 6.07) is 13.1. The van der Waals surface area contributed by atoms with E-state index in [2.05, 4.69) is 21.2 Å². The van der Waals surface area contributed by atoms with Crippen molar-refractivity contribution in [1.29, 1.82) is 0 Å². The maximum atomic E-state index is 13.5. The van der Waals surface area contributed by atoms with E-state index in [1.807, 2.05) is 24.3 Å². The van der Waals surface area contributed by atoms with Crippen LogP contribution in [0, 0.1) is 0 Å². The highest BCUT2D eigenvalue weighted by Crippen LogP contribution is 2.23. The van der Waals surface area contributed by atoms with Crippen molar-refractivity contribution < 1.29 is 18.0 Å². The molecule has 34 heavy (non-hydrogen) atoms. The molecule has 0 unspecified atom stereocenters. The van der Waals surface area contributed by atoms with Gasteiger partial charge in [0.2, 0.25) is 21.8 Å². The molecule has 10 heteroatoms. The van der Waals surface area contributed by atoms with E-state index in [1.165, 1.54) is 11.0 Å². The van der Waals surface area contributed by atoms with Gasteiger partial charge in [0.15, 0.2) is 0 Å². The predicted octanol–water partition coefficient (Wildman–Crippen LogP) is 4.34. The Morgan fingerprint density at radius 2 is 1.82 bits per heavy atom. The Bertz CT molecular complexity index is 1140. The monoisotopic (exact) mass is 569 g/mol. The first-order chi connectivity index (χ1) is 16.0. The number of hydrogen-bond donors (Lipinski definition) is 1. The average Bonchev–Trinajstić information content (AvgIpc) is 3.27. The van der Waals surface area contributed by atoms with E-state index in [4.69, 9.17) is 11.6 Å². The van der Waals surface area contributed by atoms with Crippen molar-refractivity contribution >= 4 is 55.1 Å². The second kappa shape index (κ2) is 11.6. The molecule has 2 amide bonds. The maximum absolute atomic E-state index is 13.5. The molecule has 7 nitrogen and oxygen atoms in total. The molecule has 0 aliphatic heterocycles. The standard InChI is InChI=1S/C24H29BrClN3O4S/c1-17(24(31)27-21-10-3-4-11-21)28(15-18-7-5-8-19(25)13-18)23(30)16-29(34(2,32)33)22-12-6-9-20(26)14-22/h5-9,12-14,17,21H,3-4,10-11,15-16H2,1-2H3,(H,27,31)/t17-/m1/s1. The Labute approximate surface area is 214 Å². The Kier molecular flexibility index (Phi) is 9.01. The van der Waals surface area contributed by atoms with Crippen molar-refractivity contribution in [3.8, 4) is 0 Å². The summed E-state index contributed by atoms with van der Waals surface area (Å²) < 4.78 is 27.0. The summed E-state index contributed by atoms with van der Waals surface area (Å²) in [6.07, 6.45) is 5.03. The lowest BCUT2D eigenvalue weighted by molar-refractivity contribution is -0.139. The topological polar surface area (TPSA) is 86.8 Å². The van der Waals surface area contributed by atoms with Crippen molar-refractivity contribution in [1.82, 2.24) is 10.2 Å². The molecule has 0 spiro atoms. The van der Waals surface area contributed by atoms with Crippen LogP contribution in [0.4, 0.5) is 5.69 Å². The van der Waals surface area contributed by atoms with Crippen LogP contribution in [0.2, 0.25) is 5.02 Å². The van der Waals surface area contributed by atoms with Crippen LogP contribution in [0.25, 0.3) is 0 Å². The van der Waals surface area contributed by atoms with Crippen molar-refractivity contribution in [3.05, 3.63) is 63.6 Å². The summed E-state index contributed by atoms with van der Waals surface area (Å²) in [5, 5.41) is 3.40. The van der Waals surface area contributed by atoms with E-state index in [0.29, 0.717) is 5.02 Å². The highest BCUT2D eigenvalue weighted by Gasteiger charge is 2.31. The highest BCUT2D eigenvalue weighted by atomic mass is 79.9. The quantitative estimate of drug-likeness (QED) is 0.486. The van der Waals surface area contributed by atoms with Crippen molar-refractivity contribution in [2.75, 3.05) is 17.1 Å². The number of nitrogens with one attached hydrogen (secondary N) is 1. The van der Waals surface area contributed by atoms with Gasteiger partial charge in [0, 0.05) is 22.1 Å². The minimum absolute atomic E-state index is 0.108. The lowest BCUT2D eigenvalue weighted by Gasteiger charge is -2.32. The third kappa shape index (κ3) is 7.20. The molecule has 1 saturated carbocycles. The summed E-state index contributed by atoms with van der Waals surface area (Å²) in [7, 11) is -3.79. The second-order valence-corrected chi connectivity index (χ2v) is 11.8. The molecular weight excluding hydrogens is 542 g/mol. The minimum Gasteiger partial charge on any atom is -0.352 e. The molecule has 0 heterocycles. The van der Waals surface area contributed by atoms with Gasteiger partial charge in [-0.2, -0.15) is 0 Å². The van der Waals surface area contributed by atoms with Crippen LogP contribution in [0.5, 0.6) is 0 Å². The molecule has 2 aromatic rings. The minimum atomic E-state index is -3.79. The molecule has 1 fully saturated rings. The molecule has 1 aliphatic carbocycles. The van der Waals surface area contributed by atoms with E-state index in [0.717, 1.165) is 46.3 Å². The first-order valence-electron chi connectivity index (χ1n) is 11.1. The number of carbonyl (C=O) groups is 2. The number of benzene rings is 2. The van der Waals surface area contributed by atoms with Gasteiger partial charge in [-0.25, -0.2) is 8.42 Å². The fraction of sp³-hybridized carbons (Fsp3) is 0.417. The van der Waals surface area contributed by atoms with E-state index < -0.39 is 28.5 Å². The van der Waals surface area contributed by atoms with E-state index in [1.54, 1.807) is 25.1 Å². The number of nitrogens with zero attached hydrogens (tertiary/aromatic N) is 2. The van der Waals surface area contributed by atoms with Gasteiger partial charge in [0.25, 0.3) is 0 Å². The summed E-state index contributed by atoms with van der Waals surface area (Å²) in [4.78, 5) is 28.0. The van der Waals surface area contributed by atoms with Gasteiger partial charge in [-0.05, 0) is 55.7 Å². The molecule has 0 bridgehead atoms. The number of hydrogen-bond acceptors (Lipinski definition) is 4. The van der Waals surface area contributed by atoms with Crippen LogP contribution < -0.4 is 9.62 Å². The van der Waals surface area contributed by atoms with Gasteiger partial charge >= 0.3 is 0 Å². The Morgan fingerprint density at radius 3 is 2.44 bits per heavy atom. The van der Waals surface area contributed by atoms with E-state index in [-0.39, 0.29) is 24.2 Å². The first-order valence-corrected chi connectivity index (χ1v) is 14.1. The lowest BCUT2D eigenvalue weighted by Crippen LogP contribution is -2.52. The largest absolute Gasteiger partial charge is 0.352 e. The summed E-state index contributed by atoms with van der Waals surface area (Å²) in [5.74, 6) is -0.733. The molecular formula is C24H29BrClN3O4S. The fourth-order valence-electron chi connectivity index (χ4n) is 4.05. The average molecular weight is 571 g/mol. The smallest absolute Gasteiger partial charge is 0.244 e. The molecule has 0 radical (unpaired) electrons. The number of amides is 2. The van der Waals surface area contributed by atoms with Gasteiger partial charge in [0.1, 0.15) is 12.6 Å². The van der Waals surface area contributed by atoms with Crippen LogP contribution in [0.3, 0.4) is 0 Å². The van der Waals surface area contributed by atoms with Crippen molar-refractivity contribution in [2.24, 2.45) is 0 Å². The van der Waals surface area contributed by atoms with E-state index >= 15 is 0 Å². The van der Waals surface area contributed by atoms with Gasteiger partial charge < -0.3 is 10.2 Å². The second-order valence-electron chi connectivity index (χ2n) is 8.57. The van der Waals surface area contributed by atoms with Crippen LogP contribution in [0.15, 0.2) is 53.0 Å². The number of sulfonamides is 1. The molecule has 184 valence electrons. The fourth-order valence-corrected chi connectivity index (χ4v) is 5.52. The molecule has 1 aliphatic rings. The lowest BCUT2D eigenvalue weighted by atomic mass is 10.1. The summed E-state index contributed by atoms with van der Waals surface area (Å²) >= 11 is 9.49. The Balaban J connectivity index is 1.88. The summed E-state index contributed by atoms with van der Waals surface area (Å²) in [5.41, 5.74) is 1.10. The zero-order chi connectivity index (χ0) is 24.9. The SMILES string of the molecule is C[C@H](C(=O)NC1CCCC1)N(Cc1cccc(Br)c1)C(=O)CN(c1cccc(Cl)c1)S(C)(=O)=O. The normalized spacial score (nSPS) is 15.1. The Hall–Kier alpha value is -2.10. The first kappa shape index (κ1) is 26.5. The third-order valence-electron chi connectivity index (χ3n) is 5.89. The van der Waals surface area contributed by atoms with Crippen LogP contribution in [0.1, 0.15) is 38.2 Å². The van der Waals surface area contributed by atoms with Gasteiger partial charge in [-0.3, -0.25) is 13.9 Å². The maximum Gasteiger partial charge on any atom is 0.244 e. The van der Waals surface area contributed by atoms with Gasteiger partial charge in [0.05, 0.1) is 11.9 Å². The van der Waals surface area contributed by atoms with Crippen LogP contribution >= 0.6 is 27.5 Å². The molecule has 0 aromatic heterocycles. The van der Waals surface area contributed by atoms with Gasteiger partial charge in [-0.15, -0.1) is 0 Å². The molecule has 2 aromatic carbocycles. The number of anilines is 1. The molecule has 3 rings (SSSR count). The molecule has 0 saturated heterocycles. The number of halogens is 2. The summed E-state index contributed by atoms with van der Waals surface area (Å²) in [6.45, 7) is 1.38. The Morgan fingerprint density at radius 1 is 1.15 bits per heavy atom. The predicted molar refractivity (Wildman–Crippen MR) is 138 cm³/mol. The zero-order valence-corrected chi connectivity index (χ0v) is 22.4. The van der Waals surface area contributed by atoms with Crippen LogP contribution in [-0.4, -0.2) is 50.0 Å². The number of carbonyl (C=O) groups excluding carboxylic acids is 2. The molecule has 1 atom stereocenters. The van der Waals surface area contributed by atoms with Crippen molar-refractivity contribution in [2.45, 2.75) is 51.2 Å². The third-order valence-corrected chi connectivity index (χ3v) is 7.76. The van der Waals surface area contributed by atoms with E-state index in [9.17, 15) is 18.0 Å². The van der Waals surface area contributed by atoms with Crippen molar-refractivity contribution in [3.63, 3.8) is 0 Å².